The van der Waals surface area contributed by atoms with E-state index in [2.05, 4.69) is 20.8 Å². The van der Waals surface area contributed by atoms with Gasteiger partial charge in [-0.1, -0.05) is 20.8 Å². The molecule has 7 nitrogen and oxygen atoms in total. The molecule has 3 rings (SSSR count). The molecule has 0 spiro atoms. The molecule has 2 aliphatic rings. The lowest BCUT2D eigenvalue weighted by Crippen LogP contribution is -2.39. The Morgan fingerprint density at radius 2 is 1.66 bits per heavy atom. The first-order valence-corrected chi connectivity index (χ1v) is 9.88. The maximum Gasteiger partial charge on any atom is 0.338 e. The van der Waals surface area contributed by atoms with Crippen molar-refractivity contribution in [2.24, 2.45) is 10.8 Å². The first-order chi connectivity index (χ1) is 13.6. The molecule has 1 amide bonds. The van der Waals surface area contributed by atoms with Crippen LogP contribution in [0.2, 0.25) is 0 Å². The number of amides is 1. The Balaban J connectivity index is 1.68. The molecule has 1 aliphatic heterocycles. The first-order valence-electron chi connectivity index (χ1n) is 9.88. The summed E-state index contributed by atoms with van der Waals surface area (Å²) in [6.07, 6.45) is 3.10. The van der Waals surface area contributed by atoms with E-state index in [0.29, 0.717) is 17.2 Å². The van der Waals surface area contributed by atoms with Gasteiger partial charge in [0.25, 0.3) is 5.91 Å². The highest BCUT2D eigenvalue weighted by molar-refractivity contribution is 5.93. The lowest BCUT2D eigenvalue weighted by molar-refractivity contribution is -0.135. The number of rotatable bonds is 6. The molecular weight excluding hydrogens is 374 g/mol. The second-order valence-electron chi connectivity index (χ2n) is 9.23. The van der Waals surface area contributed by atoms with E-state index in [9.17, 15) is 9.59 Å². The lowest BCUT2D eigenvalue weighted by atomic mass is 9.65. The highest BCUT2D eigenvalue weighted by Gasteiger charge is 2.50. The zero-order valence-electron chi connectivity index (χ0n) is 18.2. The van der Waals surface area contributed by atoms with E-state index in [-0.39, 0.29) is 34.9 Å². The number of carbonyl (C=O) groups is 2. The van der Waals surface area contributed by atoms with Gasteiger partial charge in [0.05, 0.1) is 26.9 Å². The van der Waals surface area contributed by atoms with Gasteiger partial charge in [0, 0.05) is 12.6 Å². The minimum absolute atomic E-state index is 0.141. The van der Waals surface area contributed by atoms with Crippen molar-refractivity contribution in [3.8, 4) is 17.2 Å². The average molecular weight is 405 g/mol. The van der Waals surface area contributed by atoms with Gasteiger partial charge >= 0.3 is 5.97 Å². The zero-order valence-corrected chi connectivity index (χ0v) is 18.2. The van der Waals surface area contributed by atoms with Crippen molar-refractivity contribution in [3.63, 3.8) is 0 Å². The molecule has 29 heavy (non-hydrogen) atoms. The summed E-state index contributed by atoms with van der Waals surface area (Å²) in [5.74, 6) is 0.355. The Labute approximate surface area is 172 Å². The predicted octanol–water partition coefficient (Wildman–Crippen LogP) is 3.30. The minimum Gasteiger partial charge on any atom is -0.493 e. The van der Waals surface area contributed by atoms with Crippen molar-refractivity contribution in [3.05, 3.63) is 17.7 Å². The molecule has 0 radical (unpaired) electrons. The SMILES string of the molecule is COc1cc(C(=O)OCC(=O)N2C[C@]3(C)C[C@H]2CC(C)(C)C3)cc(OC)c1OC. The van der Waals surface area contributed by atoms with Crippen LogP contribution < -0.4 is 14.2 Å². The molecule has 2 atom stereocenters. The van der Waals surface area contributed by atoms with Crippen LogP contribution in [-0.4, -0.2) is 57.3 Å². The van der Waals surface area contributed by atoms with E-state index in [4.69, 9.17) is 18.9 Å². The van der Waals surface area contributed by atoms with Gasteiger partial charge in [0.15, 0.2) is 18.1 Å². The number of likely N-dealkylation sites (tertiary alicyclic amines) is 1. The van der Waals surface area contributed by atoms with Crippen LogP contribution >= 0.6 is 0 Å². The summed E-state index contributed by atoms with van der Waals surface area (Å²) in [7, 11) is 4.44. The largest absolute Gasteiger partial charge is 0.493 e. The molecule has 0 unspecified atom stereocenters. The fourth-order valence-corrected chi connectivity index (χ4v) is 5.24. The molecule has 0 N–H and O–H groups in total. The highest BCUT2D eigenvalue weighted by atomic mass is 16.5. The molecule has 0 aromatic heterocycles. The van der Waals surface area contributed by atoms with Crippen LogP contribution in [0.1, 0.15) is 50.4 Å². The standard InChI is InChI=1S/C22H31NO6/c1-21(2)9-15-10-22(3,12-21)13-23(15)18(24)11-29-20(25)14-7-16(26-4)19(28-6)17(8-14)27-5/h7-8,15H,9-13H2,1-6H3/t15-,22-/m1/s1. The summed E-state index contributed by atoms with van der Waals surface area (Å²) >= 11 is 0. The van der Waals surface area contributed by atoms with Gasteiger partial charge in [0.1, 0.15) is 0 Å². The number of hydrogen-bond donors (Lipinski definition) is 0. The summed E-state index contributed by atoms with van der Waals surface area (Å²) < 4.78 is 21.1. The topological polar surface area (TPSA) is 74.3 Å². The molecule has 1 saturated heterocycles. The third-order valence-corrected chi connectivity index (χ3v) is 5.96. The molecule has 1 aromatic rings. The number of esters is 1. The lowest BCUT2D eigenvalue weighted by Gasteiger charge is -2.39. The number of ether oxygens (including phenoxy) is 4. The quantitative estimate of drug-likeness (QED) is 0.676. The molecule has 7 heteroatoms. The van der Waals surface area contributed by atoms with E-state index in [1.807, 2.05) is 4.90 Å². The van der Waals surface area contributed by atoms with Gasteiger partial charge in [-0.15, -0.1) is 0 Å². The molecule has 160 valence electrons. The van der Waals surface area contributed by atoms with Crippen LogP contribution in [0.25, 0.3) is 0 Å². The van der Waals surface area contributed by atoms with E-state index < -0.39 is 5.97 Å². The molecular formula is C22H31NO6. The minimum atomic E-state index is -0.605. The number of carbonyl (C=O) groups excluding carboxylic acids is 2. The first kappa shape index (κ1) is 21.3. The Morgan fingerprint density at radius 1 is 1.03 bits per heavy atom. The second kappa shape index (κ2) is 7.76. The van der Waals surface area contributed by atoms with Crippen molar-refractivity contribution >= 4 is 11.9 Å². The van der Waals surface area contributed by atoms with E-state index >= 15 is 0 Å². The van der Waals surface area contributed by atoms with Crippen molar-refractivity contribution < 1.29 is 28.5 Å². The summed E-state index contributed by atoms with van der Waals surface area (Å²) in [5, 5.41) is 0. The summed E-state index contributed by atoms with van der Waals surface area (Å²) in [6.45, 7) is 7.21. The van der Waals surface area contributed by atoms with E-state index in [1.54, 1.807) is 0 Å². The van der Waals surface area contributed by atoms with Crippen molar-refractivity contribution in [2.45, 2.75) is 46.1 Å². The molecule has 2 bridgehead atoms. The second-order valence-corrected chi connectivity index (χ2v) is 9.23. The van der Waals surface area contributed by atoms with Gasteiger partial charge in [0.2, 0.25) is 5.75 Å². The Morgan fingerprint density at radius 3 is 2.21 bits per heavy atom. The van der Waals surface area contributed by atoms with Gasteiger partial charge in [-0.05, 0) is 42.2 Å². The van der Waals surface area contributed by atoms with Gasteiger partial charge < -0.3 is 23.8 Å². The molecule has 1 heterocycles. The Hall–Kier alpha value is -2.44. The summed E-state index contributed by atoms with van der Waals surface area (Å²) in [5.41, 5.74) is 0.600. The Bertz CT molecular complexity index is 779. The third kappa shape index (κ3) is 4.28. The van der Waals surface area contributed by atoms with Crippen molar-refractivity contribution in [1.29, 1.82) is 0 Å². The molecule has 1 aliphatic carbocycles. The summed E-state index contributed by atoms with van der Waals surface area (Å²) in [4.78, 5) is 27.3. The summed E-state index contributed by atoms with van der Waals surface area (Å²) in [6, 6.07) is 3.25. The van der Waals surface area contributed by atoms with Crippen LogP contribution in [-0.2, 0) is 9.53 Å². The predicted molar refractivity (Wildman–Crippen MR) is 108 cm³/mol. The number of hydrogen-bond acceptors (Lipinski definition) is 6. The fraction of sp³-hybridized carbons (Fsp3) is 0.636. The maximum absolute atomic E-state index is 12.8. The van der Waals surface area contributed by atoms with Gasteiger partial charge in [-0.3, -0.25) is 4.79 Å². The smallest absolute Gasteiger partial charge is 0.338 e. The van der Waals surface area contributed by atoms with E-state index in [1.165, 1.54) is 33.5 Å². The number of nitrogens with zero attached hydrogens (tertiary/aromatic N) is 1. The van der Waals surface area contributed by atoms with Crippen LogP contribution in [0.15, 0.2) is 12.1 Å². The third-order valence-electron chi connectivity index (χ3n) is 5.96. The number of fused-ring (bicyclic) bond motifs is 2. The fourth-order valence-electron chi connectivity index (χ4n) is 5.24. The van der Waals surface area contributed by atoms with Crippen molar-refractivity contribution in [2.75, 3.05) is 34.5 Å². The number of benzene rings is 1. The Kier molecular flexibility index (Phi) is 5.70. The van der Waals surface area contributed by atoms with Crippen LogP contribution in [0.3, 0.4) is 0 Å². The molecule has 1 saturated carbocycles. The maximum atomic E-state index is 12.8. The number of methoxy groups -OCH3 is 3. The van der Waals surface area contributed by atoms with E-state index in [0.717, 1.165) is 25.8 Å². The molecule has 2 fully saturated rings. The average Bonchev–Trinajstić information content (AvgIpc) is 2.93. The van der Waals surface area contributed by atoms with Crippen LogP contribution in [0, 0.1) is 10.8 Å². The van der Waals surface area contributed by atoms with Gasteiger partial charge in [-0.25, -0.2) is 4.79 Å². The van der Waals surface area contributed by atoms with Crippen molar-refractivity contribution in [1.82, 2.24) is 4.90 Å². The molecule has 1 aromatic carbocycles. The normalized spacial score (nSPS) is 24.8. The highest BCUT2D eigenvalue weighted by Crippen LogP contribution is 2.52. The zero-order chi connectivity index (χ0) is 21.4. The van der Waals surface area contributed by atoms with Crippen LogP contribution in [0.5, 0.6) is 17.2 Å². The monoisotopic (exact) mass is 405 g/mol. The van der Waals surface area contributed by atoms with Gasteiger partial charge in [-0.2, -0.15) is 0 Å². The van der Waals surface area contributed by atoms with Crippen LogP contribution in [0.4, 0.5) is 0 Å².